The standard InChI is InChI=1S/C10H12Cl2N2O/c1-2-15-5-6-3-7(6)8-4-9(11)13-14-10(8)12/h4,6-7H,2-3,5H2,1H3/t6-,7+/m1/s1. The predicted molar refractivity (Wildman–Crippen MR) is 59.4 cm³/mol. The molecular weight excluding hydrogens is 235 g/mol. The molecule has 15 heavy (non-hydrogen) atoms. The van der Waals surface area contributed by atoms with Crippen molar-refractivity contribution in [3.63, 3.8) is 0 Å². The molecule has 0 saturated heterocycles. The third-order valence-electron chi connectivity index (χ3n) is 2.60. The lowest BCUT2D eigenvalue weighted by molar-refractivity contribution is 0.136. The van der Waals surface area contributed by atoms with Crippen LogP contribution in [-0.4, -0.2) is 23.4 Å². The van der Waals surface area contributed by atoms with E-state index in [2.05, 4.69) is 10.2 Å². The molecule has 1 saturated carbocycles. The number of hydrogen-bond donors (Lipinski definition) is 0. The maximum Gasteiger partial charge on any atom is 0.155 e. The molecule has 0 amide bonds. The lowest BCUT2D eigenvalue weighted by Crippen LogP contribution is -1.98. The van der Waals surface area contributed by atoms with Crippen LogP contribution in [0, 0.1) is 5.92 Å². The normalized spacial score (nSPS) is 24.2. The van der Waals surface area contributed by atoms with E-state index in [0.29, 0.717) is 22.1 Å². The molecule has 1 aromatic rings. The molecule has 1 fully saturated rings. The van der Waals surface area contributed by atoms with Gasteiger partial charge in [-0.3, -0.25) is 0 Å². The van der Waals surface area contributed by atoms with Gasteiger partial charge in [-0.1, -0.05) is 23.2 Å². The highest BCUT2D eigenvalue weighted by atomic mass is 35.5. The Bertz CT molecular complexity index is 359. The summed E-state index contributed by atoms with van der Waals surface area (Å²) in [6, 6.07) is 1.80. The molecule has 0 unspecified atom stereocenters. The summed E-state index contributed by atoms with van der Waals surface area (Å²) in [5.74, 6) is 1.000. The fraction of sp³-hybridized carbons (Fsp3) is 0.600. The summed E-state index contributed by atoms with van der Waals surface area (Å²) in [6.45, 7) is 3.54. The van der Waals surface area contributed by atoms with Gasteiger partial charge in [0.05, 0.1) is 0 Å². The van der Waals surface area contributed by atoms with Crippen molar-refractivity contribution in [1.29, 1.82) is 0 Å². The van der Waals surface area contributed by atoms with Gasteiger partial charge in [0.2, 0.25) is 0 Å². The zero-order valence-electron chi connectivity index (χ0n) is 8.41. The zero-order valence-corrected chi connectivity index (χ0v) is 9.92. The molecule has 2 atom stereocenters. The van der Waals surface area contributed by atoms with E-state index in [4.69, 9.17) is 27.9 Å². The van der Waals surface area contributed by atoms with E-state index in [-0.39, 0.29) is 0 Å². The summed E-state index contributed by atoms with van der Waals surface area (Å²) in [5.41, 5.74) is 1.00. The first-order valence-corrected chi connectivity index (χ1v) is 5.74. The number of nitrogens with zero attached hydrogens (tertiary/aromatic N) is 2. The molecular formula is C10H12Cl2N2O. The molecule has 0 spiro atoms. The molecule has 82 valence electrons. The largest absolute Gasteiger partial charge is 0.381 e. The fourth-order valence-electron chi connectivity index (χ4n) is 1.71. The summed E-state index contributed by atoms with van der Waals surface area (Å²) in [5, 5.41) is 8.35. The third-order valence-corrected chi connectivity index (χ3v) is 3.08. The second kappa shape index (κ2) is 4.64. The fourth-order valence-corrected chi connectivity index (χ4v) is 2.10. The lowest BCUT2D eigenvalue weighted by atomic mass is 10.2. The second-order valence-electron chi connectivity index (χ2n) is 3.67. The van der Waals surface area contributed by atoms with Crippen molar-refractivity contribution < 1.29 is 4.74 Å². The first-order chi connectivity index (χ1) is 7.22. The maximum atomic E-state index is 5.96. The molecule has 1 aliphatic carbocycles. The molecule has 0 bridgehead atoms. The van der Waals surface area contributed by atoms with Crippen LogP contribution in [0.4, 0.5) is 0 Å². The molecule has 0 N–H and O–H groups in total. The minimum Gasteiger partial charge on any atom is -0.381 e. The minimum atomic E-state index is 0.399. The van der Waals surface area contributed by atoms with Gasteiger partial charge in [0.25, 0.3) is 0 Å². The zero-order chi connectivity index (χ0) is 10.8. The molecule has 2 rings (SSSR count). The van der Waals surface area contributed by atoms with Crippen molar-refractivity contribution in [3.8, 4) is 0 Å². The highest BCUT2D eigenvalue weighted by Crippen LogP contribution is 2.49. The van der Waals surface area contributed by atoms with Gasteiger partial charge in [-0.15, -0.1) is 10.2 Å². The van der Waals surface area contributed by atoms with Crippen LogP contribution in [0.2, 0.25) is 10.3 Å². The third kappa shape index (κ3) is 2.60. The Labute approximate surface area is 98.7 Å². The Kier molecular flexibility index (Phi) is 3.44. The predicted octanol–water partition coefficient (Wildman–Crippen LogP) is 2.92. The van der Waals surface area contributed by atoms with Crippen molar-refractivity contribution in [2.24, 2.45) is 5.92 Å². The van der Waals surface area contributed by atoms with E-state index >= 15 is 0 Å². The van der Waals surface area contributed by atoms with Gasteiger partial charge in [0, 0.05) is 13.2 Å². The number of hydrogen-bond acceptors (Lipinski definition) is 3. The van der Waals surface area contributed by atoms with E-state index in [1.54, 1.807) is 6.07 Å². The summed E-state index contributed by atoms with van der Waals surface area (Å²) in [4.78, 5) is 0. The molecule has 0 aromatic carbocycles. The van der Waals surface area contributed by atoms with Crippen molar-refractivity contribution in [1.82, 2.24) is 10.2 Å². The van der Waals surface area contributed by atoms with Gasteiger partial charge in [-0.25, -0.2) is 0 Å². The van der Waals surface area contributed by atoms with E-state index < -0.39 is 0 Å². The lowest BCUT2D eigenvalue weighted by Gasteiger charge is -2.02. The van der Waals surface area contributed by atoms with Gasteiger partial charge >= 0.3 is 0 Å². The Morgan fingerprint density at radius 1 is 1.47 bits per heavy atom. The Morgan fingerprint density at radius 3 is 3.00 bits per heavy atom. The summed E-state index contributed by atoms with van der Waals surface area (Å²) in [7, 11) is 0. The van der Waals surface area contributed by atoms with Crippen molar-refractivity contribution in [3.05, 3.63) is 21.9 Å². The topological polar surface area (TPSA) is 35.0 Å². The van der Waals surface area contributed by atoms with E-state index in [1.807, 2.05) is 6.92 Å². The molecule has 0 aliphatic heterocycles. The van der Waals surface area contributed by atoms with Gasteiger partial charge in [-0.2, -0.15) is 0 Å². The number of aromatic nitrogens is 2. The highest BCUT2D eigenvalue weighted by molar-refractivity contribution is 6.31. The van der Waals surface area contributed by atoms with Crippen molar-refractivity contribution in [2.45, 2.75) is 19.3 Å². The maximum absolute atomic E-state index is 5.96. The van der Waals surface area contributed by atoms with Gasteiger partial charge in [0.1, 0.15) is 0 Å². The van der Waals surface area contributed by atoms with Crippen LogP contribution in [0.25, 0.3) is 0 Å². The molecule has 1 aromatic heterocycles. The Hall–Kier alpha value is -0.380. The van der Waals surface area contributed by atoms with Gasteiger partial charge in [0.15, 0.2) is 10.3 Å². The smallest absolute Gasteiger partial charge is 0.155 e. The minimum absolute atomic E-state index is 0.399. The van der Waals surface area contributed by atoms with Gasteiger partial charge < -0.3 is 4.74 Å². The van der Waals surface area contributed by atoms with Gasteiger partial charge in [-0.05, 0) is 36.8 Å². The van der Waals surface area contributed by atoms with Crippen LogP contribution in [0.1, 0.15) is 24.8 Å². The van der Waals surface area contributed by atoms with E-state index in [9.17, 15) is 0 Å². The number of ether oxygens (including phenoxy) is 1. The number of halogens is 2. The molecule has 1 heterocycles. The molecule has 5 heteroatoms. The first-order valence-electron chi connectivity index (χ1n) is 4.98. The van der Waals surface area contributed by atoms with Crippen molar-refractivity contribution in [2.75, 3.05) is 13.2 Å². The van der Waals surface area contributed by atoms with Crippen LogP contribution in [0.15, 0.2) is 6.07 Å². The van der Waals surface area contributed by atoms with Crippen molar-refractivity contribution >= 4 is 23.2 Å². The monoisotopic (exact) mass is 246 g/mol. The van der Waals surface area contributed by atoms with E-state index in [0.717, 1.165) is 25.2 Å². The average molecular weight is 247 g/mol. The molecule has 1 aliphatic rings. The summed E-state index contributed by atoms with van der Waals surface area (Å²) < 4.78 is 5.37. The summed E-state index contributed by atoms with van der Waals surface area (Å²) >= 11 is 11.7. The molecule has 3 nitrogen and oxygen atoms in total. The van der Waals surface area contributed by atoms with Crippen LogP contribution in [0.3, 0.4) is 0 Å². The van der Waals surface area contributed by atoms with Crippen LogP contribution in [-0.2, 0) is 4.74 Å². The SMILES string of the molecule is CCOC[C@H]1C[C@@H]1c1cc(Cl)nnc1Cl. The average Bonchev–Trinajstić information content (AvgIpc) is 2.98. The summed E-state index contributed by atoms with van der Waals surface area (Å²) in [6.07, 6.45) is 1.10. The van der Waals surface area contributed by atoms with Crippen LogP contribution in [0.5, 0.6) is 0 Å². The van der Waals surface area contributed by atoms with Crippen LogP contribution < -0.4 is 0 Å². The number of rotatable bonds is 4. The Morgan fingerprint density at radius 2 is 2.27 bits per heavy atom. The Balaban J connectivity index is 2.03. The van der Waals surface area contributed by atoms with E-state index in [1.165, 1.54) is 0 Å². The first kappa shape index (κ1) is 11.1. The molecule has 0 radical (unpaired) electrons. The second-order valence-corrected chi connectivity index (χ2v) is 4.42. The highest BCUT2D eigenvalue weighted by Gasteiger charge is 2.40. The van der Waals surface area contributed by atoms with Crippen LogP contribution >= 0.6 is 23.2 Å². The quantitative estimate of drug-likeness (QED) is 0.820.